The van der Waals surface area contributed by atoms with Crippen molar-refractivity contribution in [1.82, 2.24) is 4.90 Å². The lowest BCUT2D eigenvalue weighted by molar-refractivity contribution is -0.108. The zero-order valence-electron chi connectivity index (χ0n) is 7.54. The summed E-state index contributed by atoms with van der Waals surface area (Å²) < 4.78 is 0. The van der Waals surface area contributed by atoms with Crippen molar-refractivity contribution in [2.75, 3.05) is 19.6 Å². The Balaban J connectivity index is 1.89. The van der Waals surface area contributed by atoms with E-state index in [0.717, 1.165) is 18.1 Å². The molecular formula is C10H17NO. The van der Waals surface area contributed by atoms with Crippen LogP contribution in [-0.4, -0.2) is 30.8 Å². The Hall–Kier alpha value is -0.370. The predicted molar refractivity (Wildman–Crippen MR) is 48.0 cm³/mol. The molecule has 1 aliphatic heterocycles. The Kier molecular flexibility index (Phi) is 2.45. The van der Waals surface area contributed by atoms with Crippen LogP contribution in [0.1, 0.15) is 25.7 Å². The van der Waals surface area contributed by atoms with Crippen molar-refractivity contribution >= 4 is 6.29 Å². The Morgan fingerprint density at radius 1 is 1.17 bits per heavy atom. The number of aldehydes is 1. The van der Waals surface area contributed by atoms with Crippen molar-refractivity contribution in [3.05, 3.63) is 0 Å². The SMILES string of the molecule is O=CCN1C[C@H]2CCCC[C@H]2C1. The largest absolute Gasteiger partial charge is 0.302 e. The highest BCUT2D eigenvalue weighted by molar-refractivity contribution is 5.52. The van der Waals surface area contributed by atoms with Gasteiger partial charge in [0.25, 0.3) is 0 Å². The molecule has 2 heteroatoms. The molecule has 0 N–H and O–H groups in total. The van der Waals surface area contributed by atoms with Gasteiger partial charge in [0.05, 0.1) is 6.54 Å². The van der Waals surface area contributed by atoms with E-state index in [1.165, 1.54) is 38.8 Å². The van der Waals surface area contributed by atoms with Crippen LogP contribution in [0.25, 0.3) is 0 Å². The van der Waals surface area contributed by atoms with Crippen LogP contribution < -0.4 is 0 Å². The molecule has 0 aromatic rings. The molecule has 0 amide bonds. The van der Waals surface area contributed by atoms with Crippen LogP contribution in [0, 0.1) is 11.8 Å². The van der Waals surface area contributed by atoms with Crippen molar-refractivity contribution in [2.45, 2.75) is 25.7 Å². The number of hydrogen-bond donors (Lipinski definition) is 0. The van der Waals surface area contributed by atoms with Crippen LogP contribution in [-0.2, 0) is 4.79 Å². The summed E-state index contributed by atoms with van der Waals surface area (Å²) in [6.45, 7) is 3.03. The molecule has 2 atom stereocenters. The van der Waals surface area contributed by atoms with E-state index < -0.39 is 0 Å². The minimum atomic E-state index is 0.660. The molecule has 0 bridgehead atoms. The molecule has 2 aliphatic rings. The summed E-state index contributed by atoms with van der Waals surface area (Å²) in [6.07, 6.45) is 6.67. The Labute approximate surface area is 73.9 Å². The molecule has 2 nitrogen and oxygen atoms in total. The molecule has 0 unspecified atom stereocenters. The standard InChI is InChI=1S/C10H17NO/c12-6-5-11-7-9-3-1-2-4-10(9)8-11/h6,9-10H,1-5,7-8H2/t9-,10+. The molecule has 0 aromatic carbocycles. The van der Waals surface area contributed by atoms with Crippen molar-refractivity contribution in [1.29, 1.82) is 0 Å². The van der Waals surface area contributed by atoms with Crippen LogP contribution in [0.3, 0.4) is 0 Å². The van der Waals surface area contributed by atoms with Crippen molar-refractivity contribution in [3.8, 4) is 0 Å². The lowest BCUT2D eigenvalue weighted by atomic mass is 9.82. The topological polar surface area (TPSA) is 20.3 Å². The second-order valence-electron chi connectivity index (χ2n) is 4.19. The third kappa shape index (κ3) is 1.53. The van der Waals surface area contributed by atoms with Gasteiger partial charge in [0.2, 0.25) is 0 Å². The van der Waals surface area contributed by atoms with E-state index in [1.807, 2.05) is 0 Å². The van der Waals surface area contributed by atoms with Crippen LogP contribution in [0.15, 0.2) is 0 Å². The fraction of sp³-hybridized carbons (Fsp3) is 0.900. The summed E-state index contributed by atoms with van der Waals surface area (Å²) >= 11 is 0. The number of carbonyl (C=O) groups is 1. The van der Waals surface area contributed by atoms with E-state index >= 15 is 0 Å². The first kappa shape index (κ1) is 8.24. The average molecular weight is 167 g/mol. The highest BCUT2D eigenvalue weighted by Crippen LogP contribution is 2.35. The van der Waals surface area contributed by atoms with Gasteiger partial charge in [-0.15, -0.1) is 0 Å². The van der Waals surface area contributed by atoms with Crippen LogP contribution in [0.2, 0.25) is 0 Å². The van der Waals surface area contributed by atoms with E-state index in [9.17, 15) is 4.79 Å². The first-order valence-electron chi connectivity index (χ1n) is 5.06. The molecule has 2 rings (SSSR count). The zero-order chi connectivity index (χ0) is 8.39. The normalized spacial score (nSPS) is 36.3. The summed E-state index contributed by atoms with van der Waals surface area (Å²) in [6, 6.07) is 0. The predicted octanol–water partition coefficient (Wildman–Crippen LogP) is 1.31. The molecule has 1 saturated heterocycles. The molecule has 12 heavy (non-hydrogen) atoms. The molecule has 1 saturated carbocycles. The maximum Gasteiger partial charge on any atom is 0.133 e. The van der Waals surface area contributed by atoms with Gasteiger partial charge in [0.1, 0.15) is 6.29 Å². The number of fused-ring (bicyclic) bond motifs is 1. The first-order chi connectivity index (χ1) is 5.90. The molecule has 68 valence electrons. The van der Waals surface area contributed by atoms with Crippen molar-refractivity contribution in [3.63, 3.8) is 0 Å². The first-order valence-corrected chi connectivity index (χ1v) is 5.06. The van der Waals surface area contributed by atoms with E-state index in [-0.39, 0.29) is 0 Å². The van der Waals surface area contributed by atoms with Gasteiger partial charge in [-0.25, -0.2) is 0 Å². The van der Waals surface area contributed by atoms with Gasteiger partial charge in [0.15, 0.2) is 0 Å². The van der Waals surface area contributed by atoms with E-state index in [1.54, 1.807) is 0 Å². The van der Waals surface area contributed by atoms with Gasteiger partial charge in [0, 0.05) is 13.1 Å². The molecule has 1 aliphatic carbocycles. The summed E-state index contributed by atoms with van der Waals surface area (Å²) in [7, 11) is 0. The Morgan fingerprint density at radius 3 is 2.25 bits per heavy atom. The van der Waals surface area contributed by atoms with Gasteiger partial charge >= 0.3 is 0 Å². The second-order valence-corrected chi connectivity index (χ2v) is 4.19. The molecule has 2 fully saturated rings. The smallest absolute Gasteiger partial charge is 0.133 e. The molecular weight excluding hydrogens is 150 g/mol. The molecule has 0 radical (unpaired) electrons. The number of nitrogens with zero attached hydrogens (tertiary/aromatic N) is 1. The fourth-order valence-electron chi connectivity index (χ4n) is 2.76. The number of rotatable bonds is 2. The summed E-state index contributed by atoms with van der Waals surface area (Å²) in [5.41, 5.74) is 0. The maximum atomic E-state index is 10.3. The Morgan fingerprint density at radius 2 is 1.75 bits per heavy atom. The highest BCUT2D eigenvalue weighted by Gasteiger charge is 2.33. The summed E-state index contributed by atoms with van der Waals surface area (Å²) in [5.74, 6) is 1.83. The maximum absolute atomic E-state index is 10.3. The third-order valence-corrected chi connectivity index (χ3v) is 3.38. The lowest BCUT2D eigenvalue weighted by Crippen LogP contribution is -2.22. The van der Waals surface area contributed by atoms with E-state index in [4.69, 9.17) is 0 Å². The second kappa shape index (κ2) is 3.56. The fourth-order valence-corrected chi connectivity index (χ4v) is 2.76. The van der Waals surface area contributed by atoms with Crippen LogP contribution in [0.5, 0.6) is 0 Å². The monoisotopic (exact) mass is 167 g/mol. The van der Waals surface area contributed by atoms with Gasteiger partial charge < -0.3 is 4.79 Å². The van der Waals surface area contributed by atoms with Gasteiger partial charge in [-0.1, -0.05) is 12.8 Å². The molecule has 1 heterocycles. The van der Waals surface area contributed by atoms with Crippen molar-refractivity contribution < 1.29 is 4.79 Å². The lowest BCUT2D eigenvalue weighted by Gasteiger charge is -2.23. The van der Waals surface area contributed by atoms with Crippen LogP contribution >= 0.6 is 0 Å². The minimum Gasteiger partial charge on any atom is -0.302 e. The van der Waals surface area contributed by atoms with Crippen molar-refractivity contribution in [2.24, 2.45) is 11.8 Å². The van der Waals surface area contributed by atoms with E-state index in [0.29, 0.717) is 6.54 Å². The number of carbonyl (C=O) groups excluding carboxylic acids is 1. The van der Waals surface area contributed by atoms with Crippen LogP contribution in [0.4, 0.5) is 0 Å². The average Bonchev–Trinajstić information content (AvgIpc) is 2.47. The molecule has 0 aromatic heterocycles. The van der Waals surface area contributed by atoms with E-state index in [2.05, 4.69) is 4.90 Å². The minimum absolute atomic E-state index is 0.660. The Bertz CT molecular complexity index is 155. The summed E-state index contributed by atoms with van der Waals surface area (Å²) in [5, 5.41) is 0. The van der Waals surface area contributed by atoms with Gasteiger partial charge in [-0.2, -0.15) is 0 Å². The molecule has 0 spiro atoms. The van der Waals surface area contributed by atoms with Gasteiger partial charge in [-0.05, 0) is 24.7 Å². The quantitative estimate of drug-likeness (QED) is 0.578. The number of likely N-dealkylation sites (tertiary alicyclic amines) is 1. The number of hydrogen-bond acceptors (Lipinski definition) is 2. The zero-order valence-corrected chi connectivity index (χ0v) is 7.54. The van der Waals surface area contributed by atoms with Gasteiger partial charge in [-0.3, -0.25) is 4.90 Å². The third-order valence-electron chi connectivity index (χ3n) is 3.38. The summed E-state index contributed by atoms with van der Waals surface area (Å²) in [4.78, 5) is 12.6. The highest BCUT2D eigenvalue weighted by atomic mass is 16.1.